The Labute approximate surface area is 434 Å². The van der Waals surface area contributed by atoms with Crippen molar-refractivity contribution in [3.63, 3.8) is 0 Å². The molecule has 4 fully saturated rings. The van der Waals surface area contributed by atoms with Crippen molar-refractivity contribution in [1.82, 2.24) is 69.0 Å². The number of pyridine rings is 2. The predicted octanol–water partition coefficient (Wildman–Crippen LogP) is 9.22. The van der Waals surface area contributed by atoms with Crippen molar-refractivity contribution in [3.05, 3.63) is 143 Å². The van der Waals surface area contributed by atoms with Gasteiger partial charge in [0.2, 0.25) is 0 Å². The molecule has 4 aliphatic heterocycles. The molecule has 0 aliphatic carbocycles. The molecule has 4 aliphatic rings. The van der Waals surface area contributed by atoms with Gasteiger partial charge in [0.15, 0.2) is 11.6 Å². The summed E-state index contributed by atoms with van der Waals surface area (Å²) in [6.07, 6.45) is 13.1. The van der Waals surface area contributed by atoms with Crippen LogP contribution < -0.4 is 5.32 Å². The lowest BCUT2D eigenvalue weighted by atomic mass is 9.82. The summed E-state index contributed by atoms with van der Waals surface area (Å²) < 4.78 is 63.7. The maximum Gasteiger partial charge on any atom is 0.151 e. The average Bonchev–Trinajstić information content (AvgIpc) is 3.92. The zero-order valence-electron chi connectivity index (χ0n) is 43.7. The molecule has 6 aromatic heterocycles. The molecule has 0 spiro atoms. The van der Waals surface area contributed by atoms with E-state index in [0.717, 1.165) is 80.4 Å². The maximum absolute atomic E-state index is 15.0. The van der Waals surface area contributed by atoms with Crippen molar-refractivity contribution < 1.29 is 17.6 Å². The van der Waals surface area contributed by atoms with Crippen LogP contribution in [0.5, 0.6) is 0 Å². The van der Waals surface area contributed by atoms with E-state index in [9.17, 15) is 17.6 Å². The molecule has 2 aromatic carbocycles. The third-order valence-corrected chi connectivity index (χ3v) is 15.7. The van der Waals surface area contributed by atoms with Crippen LogP contribution in [0.4, 0.5) is 17.6 Å². The summed E-state index contributed by atoms with van der Waals surface area (Å²) in [6, 6.07) is 11.0. The number of likely N-dealkylation sites (N-methyl/N-ethyl adjacent to an activating group) is 1. The Balaban J connectivity index is 0.000000161. The van der Waals surface area contributed by atoms with E-state index in [-0.39, 0.29) is 12.1 Å². The zero-order valence-corrected chi connectivity index (χ0v) is 43.7. The van der Waals surface area contributed by atoms with E-state index < -0.39 is 23.3 Å². The molecule has 8 aromatic rings. The number of rotatable bonds is 12. The molecule has 10 heterocycles. The number of nitrogens with one attached hydrogen (secondary N) is 1. The normalized spacial score (nSPS) is 20.0. The number of halogens is 4. The summed E-state index contributed by atoms with van der Waals surface area (Å²) in [6.45, 7) is 20.3. The summed E-state index contributed by atoms with van der Waals surface area (Å²) in [5, 5.41) is 3.48. The Bertz CT molecular complexity index is 3370. The first-order valence-electron chi connectivity index (χ1n) is 26.3. The van der Waals surface area contributed by atoms with Crippen LogP contribution in [-0.2, 0) is 25.9 Å². The minimum absolute atomic E-state index is 0.0964. The molecule has 14 nitrogen and oxygen atoms in total. The van der Waals surface area contributed by atoms with Crippen LogP contribution in [0.2, 0.25) is 0 Å². The van der Waals surface area contributed by atoms with Crippen LogP contribution in [-0.4, -0.2) is 122 Å². The van der Waals surface area contributed by atoms with Gasteiger partial charge in [0.1, 0.15) is 46.0 Å². The Morgan fingerprint density at radius 2 is 1.03 bits per heavy atom. The lowest BCUT2D eigenvalue weighted by Gasteiger charge is -2.53. The van der Waals surface area contributed by atoms with Crippen LogP contribution in [0.1, 0.15) is 98.4 Å². The molecule has 75 heavy (non-hydrogen) atoms. The Hall–Kier alpha value is -6.60. The van der Waals surface area contributed by atoms with E-state index in [2.05, 4.69) is 66.9 Å². The molecule has 0 amide bonds. The highest BCUT2D eigenvalue weighted by Gasteiger charge is 2.42. The summed E-state index contributed by atoms with van der Waals surface area (Å²) in [5.41, 5.74) is 6.82. The van der Waals surface area contributed by atoms with Crippen LogP contribution >= 0.6 is 0 Å². The number of imidazole rings is 2. The molecule has 0 bridgehead atoms. The van der Waals surface area contributed by atoms with Crippen molar-refractivity contribution in [2.45, 2.75) is 104 Å². The van der Waals surface area contributed by atoms with E-state index in [0.29, 0.717) is 92.3 Å². The minimum atomic E-state index is -0.504. The molecular weight excluding hydrogens is 957 g/mol. The van der Waals surface area contributed by atoms with Crippen molar-refractivity contribution in [2.75, 3.05) is 46.3 Å². The maximum atomic E-state index is 15.0. The quantitative estimate of drug-likeness (QED) is 0.117. The van der Waals surface area contributed by atoms with Gasteiger partial charge in [0.25, 0.3) is 0 Å². The molecule has 0 unspecified atom stereocenters. The van der Waals surface area contributed by atoms with Gasteiger partial charge in [-0.3, -0.25) is 19.8 Å². The monoisotopic (exact) mass is 1020 g/mol. The first-order chi connectivity index (χ1) is 36.1. The second kappa shape index (κ2) is 20.8. The lowest BCUT2D eigenvalue weighted by Crippen LogP contribution is -2.62. The minimum Gasteiger partial charge on any atom is -0.326 e. The highest BCUT2D eigenvalue weighted by Crippen LogP contribution is 2.36. The standard InChI is InChI=1S/C29H33F2N7.C28H31F2N7/c1-17(2)38-18(3)35-29-24(30)7-21(8-26(29)38)23-9-22(32-13-25(23)31)10-28-33-11-19(12-34-28)14-37-15-20-5-6-36(4)16-27(20)37;1-16(2)37-17(3)35-28-23(29)6-20(7-25(28)37)22-8-21(32-12-24(22)30)9-27-33-10-18(11-34-27)14-36-15-19-4-5-31-13-26(19)36/h7-9,11-13,17,20,27H,5-6,10,14-16H2,1-4H3;6-8,10-12,16,19,26,31H,4-5,9,13-15H2,1-3H3/t20-,27-;19-,26-/m00/s1. The fourth-order valence-corrected chi connectivity index (χ4v) is 11.9. The summed E-state index contributed by atoms with van der Waals surface area (Å²) in [7, 11) is 2.19. The van der Waals surface area contributed by atoms with E-state index in [1.165, 1.54) is 43.9 Å². The number of hydrogen-bond donors (Lipinski definition) is 1. The van der Waals surface area contributed by atoms with Gasteiger partial charge in [-0.1, -0.05) is 0 Å². The second-order valence-electron chi connectivity index (χ2n) is 21.6. The summed E-state index contributed by atoms with van der Waals surface area (Å²) in [4.78, 5) is 42.9. The second-order valence-corrected chi connectivity index (χ2v) is 21.6. The topological polar surface area (TPSA) is 135 Å². The number of fused-ring (bicyclic) bond motifs is 4. The van der Waals surface area contributed by atoms with Crippen molar-refractivity contribution in [3.8, 4) is 22.3 Å². The SMILES string of the molecule is Cc1nc2c(F)cc(-c3cc(Cc4ncc(CN5C[C@@H]6CCN(C)C[C@@H]65)cn4)ncc3F)cc2n1C(C)C.Cc1nc2c(F)cc(-c3cc(Cc4ncc(CN5C[C@@H]6CCNC[C@@H]65)cn4)ncc3F)cc2n1C(C)C. The molecular formula is C57H64F4N14. The van der Waals surface area contributed by atoms with Crippen LogP contribution in [0.3, 0.4) is 0 Å². The average molecular weight is 1020 g/mol. The lowest BCUT2D eigenvalue weighted by molar-refractivity contribution is -0.0433. The Morgan fingerprint density at radius 3 is 1.49 bits per heavy atom. The van der Waals surface area contributed by atoms with Gasteiger partial charge in [-0.05, 0) is 134 Å². The highest BCUT2D eigenvalue weighted by molar-refractivity contribution is 5.85. The summed E-state index contributed by atoms with van der Waals surface area (Å²) >= 11 is 0. The molecule has 1 N–H and O–H groups in total. The van der Waals surface area contributed by atoms with E-state index >= 15 is 0 Å². The van der Waals surface area contributed by atoms with E-state index in [4.69, 9.17) is 0 Å². The smallest absolute Gasteiger partial charge is 0.151 e. The zero-order chi connectivity index (χ0) is 52.2. The van der Waals surface area contributed by atoms with Gasteiger partial charge in [-0.2, -0.15) is 0 Å². The first kappa shape index (κ1) is 50.6. The molecule has 18 heteroatoms. The van der Waals surface area contributed by atoms with Gasteiger partial charge >= 0.3 is 0 Å². The number of piperidine rings is 2. The largest absolute Gasteiger partial charge is 0.326 e. The predicted molar refractivity (Wildman–Crippen MR) is 281 cm³/mol. The fraction of sp³-hybridized carbons (Fsp3) is 0.439. The van der Waals surface area contributed by atoms with Gasteiger partial charge < -0.3 is 19.4 Å². The number of hydrogen-bond acceptors (Lipinski definition) is 12. The molecule has 12 rings (SSSR count). The molecule has 390 valence electrons. The molecule has 0 radical (unpaired) electrons. The molecule has 0 saturated carbocycles. The van der Waals surface area contributed by atoms with Crippen molar-refractivity contribution >= 4 is 22.1 Å². The van der Waals surface area contributed by atoms with Gasteiger partial charge in [-0.15, -0.1) is 0 Å². The summed E-state index contributed by atoms with van der Waals surface area (Å²) in [5.74, 6) is 2.36. The number of nitrogens with zero attached hydrogens (tertiary/aromatic N) is 13. The Kier molecular flexibility index (Phi) is 14.0. The Morgan fingerprint density at radius 1 is 0.560 bits per heavy atom. The van der Waals surface area contributed by atoms with Crippen molar-refractivity contribution in [2.24, 2.45) is 11.8 Å². The van der Waals surface area contributed by atoms with E-state index in [1.54, 1.807) is 24.3 Å². The highest BCUT2D eigenvalue weighted by atomic mass is 19.1. The third-order valence-electron chi connectivity index (χ3n) is 15.7. The van der Waals surface area contributed by atoms with Crippen LogP contribution in [0.25, 0.3) is 44.3 Å². The van der Waals surface area contributed by atoms with Gasteiger partial charge in [0.05, 0.1) is 36.3 Å². The van der Waals surface area contributed by atoms with Crippen LogP contribution in [0.15, 0.2) is 73.6 Å². The van der Waals surface area contributed by atoms with Crippen molar-refractivity contribution in [1.29, 1.82) is 0 Å². The van der Waals surface area contributed by atoms with Gasteiger partial charge in [-0.25, -0.2) is 47.5 Å². The molecule has 4 atom stereocenters. The number of aromatic nitrogens is 10. The molecule has 4 saturated heterocycles. The number of likely N-dealkylation sites (tertiary alicyclic amines) is 3. The third kappa shape index (κ3) is 10.3. The fourth-order valence-electron chi connectivity index (χ4n) is 11.9. The number of aryl methyl sites for hydroxylation is 2. The van der Waals surface area contributed by atoms with Gasteiger partial charge in [0, 0.05) is 122 Å². The first-order valence-corrected chi connectivity index (χ1v) is 26.3. The van der Waals surface area contributed by atoms with E-state index in [1.807, 2.05) is 75.5 Å². The number of benzene rings is 2. The van der Waals surface area contributed by atoms with Crippen LogP contribution in [0, 0.1) is 49.0 Å².